The molecule has 0 unspecified atom stereocenters. The first kappa shape index (κ1) is 16.7. The molecule has 4 nitrogen and oxygen atoms in total. The Morgan fingerprint density at radius 3 is 2.58 bits per heavy atom. The third-order valence-electron chi connectivity index (χ3n) is 3.19. The van der Waals surface area contributed by atoms with Gasteiger partial charge in [-0.15, -0.1) is 11.3 Å². The van der Waals surface area contributed by atoms with E-state index in [1.807, 2.05) is 60.8 Å². The second-order valence-electron chi connectivity index (χ2n) is 5.15. The summed E-state index contributed by atoms with van der Waals surface area (Å²) in [5.41, 5.74) is 6.04. The number of hydrazone groups is 1. The molecule has 3 aromatic rings. The number of anilines is 1. The number of hydrogen-bond donors (Lipinski definition) is 1. The second-order valence-corrected chi connectivity index (χ2v) is 6.92. The van der Waals surface area contributed by atoms with E-state index in [9.17, 15) is 0 Å². The fourth-order valence-corrected chi connectivity index (χ4v) is 2.87. The molecule has 1 heterocycles. The minimum atomic E-state index is 0.547. The predicted octanol–water partition coefficient (Wildman–Crippen LogP) is 5.24. The lowest BCUT2D eigenvalue weighted by Gasteiger charge is -2.06. The number of rotatable bonds is 6. The van der Waals surface area contributed by atoms with Gasteiger partial charge in [0.2, 0.25) is 5.13 Å². The Labute approximate surface area is 153 Å². The van der Waals surface area contributed by atoms with E-state index in [-0.39, 0.29) is 0 Å². The van der Waals surface area contributed by atoms with E-state index in [0.717, 1.165) is 32.2 Å². The van der Waals surface area contributed by atoms with Crippen LogP contribution in [0.3, 0.4) is 0 Å². The van der Waals surface area contributed by atoms with E-state index in [2.05, 4.69) is 31.4 Å². The second kappa shape index (κ2) is 8.08. The first-order chi connectivity index (χ1) is 11.7. The molecule has 0 saturated heterocycles. The molecule has 0 atom stereocenters. The first-order valence-corrected chi connectivity index (χ1v) is 9.05. The minimum Gasteiger partial charge on any atom is -0.489 e. The molecule has 0 aliphatic carbocycles. The SMILES string of the molecule is Cc1csc(N/N=C/c2ccc(OCc3ccc(Br)cc3)cc2)n1. The van der Waals surface area contributed by atoms with Gasteiger partial charge in [-0.05, 0) is 54.4 Å². The van der Waals surface area contributed by atoms with Crippen LogP contribution in [0.5, 0.6) is 5.75 Å². The summed E-state index contributed by atoms with van der Waals surface area (Å²) in [6.45, 7) is 2.50. The topological polar surface area (TPSA) is 46.5 Å². The average Bonchev–Trinajstić information content (AvgIpc) is 3.01. The Morgan fingerprint density at radius 1 is 1.17 bits per heavy atom. The smallest absolute Gasteiger partial charge is 0.203 e. The van der Waals surface area contributed by atoms with Crippen molar-refractivity contribution in [3.8, 4) is 5.75 Å². The molecule has 0 radical (unpaired) electrons. The molecule has 0 fully saturated rings. The van der Waals surface area contributed by atoms with Gasteiger partial charge in [0.05, 0.1) is 11.9 Å². The molecule has 0 aliphatic rings. The summed E-state index contributed by atoms with van der Waals surface area (Å²) in [5.74, 6) is 0.832. The molecule has 2 aromatic carbocycles. The van der Waals surface area contributed by atoms with Crippen LogP contribution in [0.1, 0.15) is 16.8 Å². The van der Waals surface area contributed by atoms with Crippen molar-refractivity contribution in [1.29, 1.82) is 0 Å². The lowest BCUT2D eigenvalue weighted by atomic mass is 10.2. The van der Waals surface area contributed by atoms with E-state index in [1.165, 1.54) is 11.3 Å². The average molecular weight is 402 g/mol. The van der Waals surface area contributed by atoms with Gasteiger partial charge < -0.3 is 4.74 Å². The van der Waals surface area contributed by atoms with E-state index >= 15 is 0 Å². The normalized spacial score (nSPS) is 10.9. The Balaban J connectivity index is 1.52. The molecular formula is C18H16BrN3OS. The number of halogens is 1. The number of thiazole rings is 1. The zero-order valence-electron chi connectivity index (χ0n) is 13.1. The summed E-state index contributed by atoms with van der Waals surface area (Å²) in [6, 6.07) is 15.9. The standard InChI is InChI=1S/C18H16BrN3OS/c1-13-12-24-18(21-13)22-20-10-14-4-8-17(9-5-14)23-11-15-2-6-16(19)7-3-15/h2-10,12H,11H2,1H3,(H,21,22)/b20-10+. The lowest BCUT2D eigenvalue weighted by Crippen LogP contribution is -1.95. The highest BCUT2D eigenvalue weighted by Gasteiger charge is 1.98. The molecule has 0 spiro atoms. The van der Waals surface area contributed by atoms with Crippen molar-refractivity contribution in [3.05, 3.63) is 75.2 Å². The summed E-state index contributed by atoms with van der Waals surface area (Å²) in [7, 11) is 0. The largest absolute Gasteiger partial charge is 0.489 e. The van der Waals surface area contributed by atoms with Gasteiger partial charge in [0.1, 0.15) is 12.4 Å². The highest BCUT2D eigenvalue weighted by atomic mass is 79.9. The number of ether oxygens (including phenoxy) is 1. The molecule has 122 valence electrons. The van der Waals surface area contributed by atoms with Gasteiger partial charge >= 0.3 is 0 Å². The Bertz CT molecular complexity index is 813. The van der Waals surface area contributed by atoms with Crippen molar-refractivity contribution >= 4 is 38.6 Å². The molecule has 1 N–H and O–H groups in total. The van der Waals surface area contributed by atoms with E-state index in [1.54, 1.807) is 6.21 Å². The van der Waals surface area contributed by atoms with Crippen molar-refractivity contribution in [2.75, 3.05) is 5.43 Å². The van der Waals surface area contributed by atoms with Crippen LogP contribution in [0, 0.1) is 6.92 Å². The molecular weight excluding hydrogens is 386 g/mol. The van der Waals surface area contributed by atoms with Crippen molar-refractivity contribution in [2.45, 2.75) is 13.5 Å². The van der Waals surface area contributed by atoms with Crippen LogP contribution in [-0.4, -0.2) is 11.2 Å². The van der Waals surface area contributed by atoms with Crippen molar-refractivity contribution < 1.29 is 4.74 Å². The number of aryl methyl sites for hydroxylation is 1. The summed E-state index contributed by atoms with van der Waals surface area (Å²) < 4.78 is 6.85. The number of aromatic nitrogens is 1. The van der Waals surface area contributed by atoms with Crippen LogP contribution in [-0.2, 0) is 6.61 Å². The zero-order chi connectivity index (χ0) is 16.8. The number of benzene rings is 2. The molecule has 3 rings (SSSR count). The van der Waals surface area contributed by atoms with Crippen LogP contribution in [0.25, 0.3) is 0 Å². The van der Waals surface area contributed by atoms with Crippen LogP contribution in [0.2, 0.25) is 0 Å². The maximum atomic E-state index is 5.78. The number of nitrogens with one attached hydrogen (secondary N) is 1. The fraction of sp³-hybridized carbons (Fsp3) is 0.111. The highest BCUT2D eigenvalue weighted by molar-refractivity contribution is 9.10. The molecule has 1 aromatic heterocycles. The van der Waals surface area contributed by atoms with Crippen molar-refractivity contribution in [2.24, 2.45) is 5.10 Å². The summed E-state index contributed by atoms with van der Waals surface area (Å²) in [4.78, 5) is 4.29. The van der Waals surface area contributed by atoms with Gasteiger partial charge in [0.15, 0.2) is 0 Å². The van der Waals surface area contributed by atoms with Crippen LogP contribution < -0.4 is 10.2 Å². The third-order valence-corrected chi connectivity index (χ3v) is 4.59. The van der Waals surface area contributed by atoms with E-state index < -0.39 is 0 Å². The van der Waals surface area contributed by atoms with Crippen molar-refractivity contribution in [3.63, 3.8) is 0 Å². The van der Waals surface area contributed by atoms with Gasteiger partial charge in [0.25, 0.3) is 0 Å². The number of hydrogen-bond acceptors (Lipinski definition) is 5. The minimum absolute atomic E-state index is 0.547. The first-order valence-electron chi connectivity index (χ1n) is 7.37. The van der Waals surface area contributed by atoms with Crippen LogP contribution in [0.4, 0.5) is 5.13 Å². The number of nitrogens with zero attached hydrogens (tertiary/aromatic N) is 2. The molecule has 0 amide bonds. The lowest BCUT2D eigenvalue weighted by molar-refractivity contribution is 0.306. The highest BCUT2D eigenvalue weighted by Crippen LogP contribution is 2.16. The summed E-state index contributed by atoms with van der Waals surface area (Å²) in [5, 5.41) is 6.96. The summed E-state index contributed by atoms with van der Waals surface area (Å²) >= 11 is 4.96. The van der Waals surface area contributed by atoms with Crippen LogP contribution >= 0.6 is 27.3 Å². The Kier molecular flexibility index (Phi) is 5.61. The maximum Gasteiger partial charge on any atom is 0.203 e. The van der Waals surface area contributed by atoms with E-state index in [4.69, 9.17) is 4.74 Å². The maximum absolute atomic E-state index is 5.78. The Hall–Kier alpha value is -2.18. The molecule has 0 aliphatic heterocycles. The Morgan fingerprint density at radius 2 is 1.92 bits per heavy atom. The van der Waals surface area contributed by atoms with Gasteiger partial charge in [0, 0.05) is 9.85 Å². The quantitative estimate of drug-likeness (QED) is 0.453. The van der Waals surface area contributed by atoms with Gasteiger partial charge in [-0.2, -0.15) is 5.10 Å². The fourth-order valence-electron chi connectivity index (χ4n) is 1.96. The van der Waals surface area contributed by atoms with Gasteiger partial charge in [-0.3, -0.25) is 5.43 Å². The molecule has 6 heteroatoms. The van der Waals surface area contributed by atoms with Gasteiger partial charge in [-0.1, -0.05) is 28.1 Å². The summed E-state index contributed by atoms with van der Waals surface area (Å²) in [6.07, 6.45) is 1.76. The molecule has 0 saturated carbocycles. The van der Waals surface area contributed by atoms with Crippen LogP contribution in [0.15, 0.2) is 63.5 Å². The zero-order valence-corrected chi connectivity index (χ0v) is 15.5. The predicted molar refractivity (Wildman–Crippen MR) is 103 cm³/mol. The van der Waals surface area contributed by atoms with Gasteiger partial charge in [-0.25, -0.2) is 4.98 Å². The van der Waals surface area contributed by atoms with E-state index in [0.29, 0.717) is 6.61 Å². The molecule has 24 heavy (non-hydrogen) atoms. The monoisotopic (exact) mass is 401 g/mol. The van der Waals surface area contributed by atoms with Crippen molar-refractivity contribution in [1.82, 2.24) is 4.98 Å². The third kappa shape index (κ3) is 4.91. The molecule has 0 bridgehead atoms.